The summed E-state index contributed by atoms with van der Waals surface area (Å²) in [6.07, 6.45) is 1.81. The van der Waals surface area contributed by atoms with Crippen LogP contribution in [0.1, 0.15) is 33.6 Å². The first-order valence-corrected chi connectivity index (χ1v) is 6.41. The minimum atomic E-state index is -0.530. The molecular weight excluding hydrogens is 258 g/mol. The summed E-state index contributed by atoms with van der Waals surface area (Å²) in [5.41, 5.74) is 0.333. The third-order valence-corrected chi connectivity index (χ3v) is 3.42. The van der Waals surface area contributed by atoms with E-state index in [1.807, 2.05) is 0 Å². The van der Waals surface area contributed by atoms with Crippen molar-refractivity contribution in [3.05, 3.63) is 46.7 Å². The second-order valence-corrected chi connectivity index (χ2v) is 4.86. The monoisotopic (exact) mass is 271 g/mol. The van der Waals surface area contributed by atoms with Crippen LogP contribution < -0.4 is 5.32 Å². The Balaban J connectivity index is 2.07. The van der Waals surface area contributed by atoms with Crippen LogP contribution in [0.3, 0.4) is 0 Å². The molecule has 20 heavy (non-hydrogen) atoms. The molecule has 102 valence electrons. The second-order valence-electron chi connectivity index (χ2n) is 4.86. The Labute approximate surface area is 115 Å². The molecule has 0 saturated heterocycles. The van der Waals surface area contributed by atoms with E-state index in [0.29, 0.717) is 0 Å². The van der Waals surface area contributed by atoms with Crippen LogP contribution in [0.5, 0.6) is 0 Å². The molecule has 0 spiro atoms. The summed E-state index contributed by atoms with van der Waals surface area (Å²) in [5.74, 6) is -1.59. The summed E-state index contributed by atoms with van der Waals surface area (Å²) in [4.78, 5) is 36.9. The van der Waals surface area contributed by atoms with E-state index in [0.717, 1.165) is 12.8 Å². The van der Waals surface area contributed by atoms with E-state index < -0.39 is 17.5 Å². The smallest absolute Gasteiger partial charge is 0.259 e. The molecule has 2 aliphatic carbocycles. The summed E-state index contributed by atoms with van der Waals surface area (Å²) in [7, 11) is 1.29. The van der Waals surface area contributed by atoms with Gasteiger partial charge in [0.25, 0.3) is 5.91 Å². The first-order chi connectivity index (χ1) is 9.63. The number of carbonyl (C=O) groups is 3. The lowest BCUT2D eigenvalue weighted by molar-refractivity contribution is -0.117. The molecule has 0 atom stereocenters. The largest absolute Gasteiger partial charge is 0.492 e. The van der Waals surface area contributed by atoms with Crippen LogP contribution in [0, 0.1) is 0 Å². The highest BCUT2D eigenvalue weighted by atomic mass is 16.5. The zero-order valence-corrected chi connectivity index (χ0v) is 10.9. The molecule has 0 bridgehead atoms. The molecule has 0 aromatic heterocycles. The van der Waals surface area contributed by atoms with E-state index in [9.17, 15) is 14.4 Å². The highest BCUT2D eigenvalue weighted by Gasteiger charge is 2.38. The van der Waals surface area contributed by atoms with Gasteiger partial charge in [-0.1, -0.05) is 24.3 Å². The van der Waals surface area contributed by atoms with Crippen LogP contribution in [0.2, 0.25) is 0 Å². The predicted molar refractivity (Wildman–Crippen MR) is 70.3 cm³/mol. The number of methoxy groups -OCH3 is 1. The Hall–Kier alpha value is -2.43. The Morgan fingerprint density at radius 2 is 1.75 bits per heavy atom. The van der Waals surface area contributed by atoms with Gasteiger partial charge in [-0.2, -0.15) is 0 Å². The van der Waals surface area contributed by atoms with E-state index in [2.05, 4.69) is 5.32 Å². The number of allylic oxidation sites excluding steroid dienone is 1. The van der Waals surface area contributed by atoms with E-state index in [1.54, 1.807) is 24.3 Å². The van der Waals surface area contributed by atoms with Gasteiger partial charge in [0.05, 0.1) is 7.11 Å². The summed E-state index contributed by atoms with van der Waals surface area (Å²) in [6.45, 7) is 0. The number of carbonyl (C=O) groups excluding carboxylic acids is 3. The van der Waals surface area contributed by atoms with Gasteiger partial charge in [0.1, 0.15) is 5.57 Å². The lowest BCUT2D eigenvalue weighted by atomic mass is 9.87. The fraction of sp³-hybridized carbons (Fsp3) is 0.267. The van der Waals surface area contributed by atoms with Gasteiger partial charge in [0.15, 0.2) is 5.76 Å². The minimum absolute atomic E-state index is 0.105. The lowest BCUT2D eigenvalue weighted by Crippen LogP contribution is -2.35. The average Bonchev–Trinajstić information content (AvgIpc) is 3.26. The lowest BCUT2D eigenvalue weighted by Gasteiger charge is -2.19. The quantitative estimate of drug-likeness (QED) is 0.840. The Morgan fingerprint density at radius 3 is 2.30 bits per heavy atom. The maximum Gasteiger partial charge on any atom is 0.259 e. The Bertz CT molecular complexity index is 656. The molecule has 1 aromatic rings. The third-order valence-electron chi connectivity index (χ3n) is 3.42. The number of Topliss-reactive ketones (excluding diaryl/α,β-unsaturated/α-hetero) is 2. The number of ether oxygens (including phenoxy) is 1. The van der Waals surface area contributed by atoms with Gasteiger partial charge in [0.2, 0.25) is 11.6 Å². The number of benzene rings is 1. The fourth-order valence-electron chi connectivity index (χ4n) is 2.24. The first kappa shape index (κ1) is 12.6. The zero-order valence-electron chi connectivity index (χ0n) is 10.9. The van der Waals surface area contributed by atoms with Gasteiger partial charge < -0.3 is 10.1 Å². The molecule has 0 heterocycles. The van der Waals surface area contributed by atoms with Crippen molar-refractivity contribution in [3.63, 3.8) is 0 Å². The molecule has 1 N–H and O–H groups in total. The van der Waals surface area contributed by atoms with E-state index >= 15 is 0 Å². The molecule has 2 aliphatic rings. The molecule has 5 heteroatoms. The van der Waals surface area contributed by atoms with Gasteiger partial charge in [-0.05, 0) is 12.8 Å². The van der Waals surface area contributed by atoms with Crippen molar-refractivity contribution in [2.75, 3.05) is 7.11 Å². The molecule has 1 fully saturated rings. The standard InChI is InChI=1S/C15H13NO4/c1-20-14-11(15(19)16-8-6-7-8)12(17)9-4-2-3-5-10(9)13(14)18/h2-5,8H,6-7H2,1H3,(H,16,19). The number of fused-ring (bicyclic) bond motifs is 1. The number of hydrogen-bond donors (Lipinski definition) is 1. The van der Waals surface area contributed by atoms with Gasteiger partial charge in [-0.25, -0.2) is 0 Å². The van der Waals surface area contributed by atoms with Crippen molar-refractivity contribution in [1.29, 1.82) is 0 Å². The van der Waals surface area contributed by atoms with Gasteiger partial charge in [-0.15, -0.1) is 0 Å². The fourth-order valence-corrected chi connectivity index (χ4v) is 2.24. The van der Waals surface area contributed by atoms with Crippen LogP contribution in [0.15, 0.2) is 35.6 Å². The molecule has 3 rings (SSSR count). The maximum absolute atomic E-state index is 12.4. The SMILES string of the molecule is COC1=C(C(=O)NC2CC2)C(=O)c2ccccc2C1=O. The van der Waals surface area contributed by atoms with Crippen LogP contribution in [0.25, 0.3) is 0 Å². The topological polar surface area (TPSA) is 72.5 Å². The molecular formula is C15H13NO4. The number of rotatable bonds is 3. The van der Waals surface area contributed by atoms with E-state index in [4.69, 9.17) is 4.74 Å². The maximum atomic E-state index is 12.4. The molecule has 0 aliphatic heterocycles. The van der Waals surface area contributed by atoms with Crippen LogP contribution in [-0.4, -0.2) is 30.6 Å². The molecule has 5 nitrogen and oxygen atoms in total. The first-order valence-electron chi connectivity index (χ1n) is 6.41. The highest BCUT2D eigenvalue weighted by molar-refractivity contribution is 6.35. The minimum Gasteiger partial charge on any atom is -0.492 e. The van der Waals surface area contributed by atoms with E-state index in [-0.39, 0.29) is 28.5 Å². The van der Waals surface area contributed by atoms with Crippen molar-refractivity contribution in [3.8, 4) is 0 Å². The normalized spacial score (nSPS) is 17.9. The highest BCUT2D eigenvalue weighted by Crippen LogP contribution is 2.28. The van der Waals surface area contributed by atoms with Gasteiger partial charge in [0, 0.05) is 17.2 Å². The summed E-state index contributed by atoms with van der Waals surface area (Å²) < 4.78 is 5.01. The molecule has 0 unspecified atom stereocenters. The van der Waals surface area contributed by atoms with Gasteiger partial charge in [-0.3, -0.25) is 14.4 Å². The van der Waals surface area contributed by atoms with E-state index in [1.165, 1.54) is 7.11 Å². The number of ketones is 2. The van der Waals surface area contributed by atoms with Crippen LogP contribution in [0.4, 0.5) is 0 Å². The summed E-state index contributed by atoms with van der Waals surface area (Å²) >= 11 is 0. The predicted octanol–water partition coefficient (Wildman–Crippen LogP) is 1.24. The van der Waals surface area contributed by atoms with Crippen molar-refractivity contribution in [2.45, 2.75) is 18.9 Å². The second kappa shape index (κ2) is 4.59. The van der Waals surface area contributed by atoms with Crippen molar-refractivity contribution >= 4 is 17.5 Å². The average molecular weight is 271 g/mol. The third kappa shape index (κ3) is 1.91. The summed E-state index contributed by atoms with van der Waals surface area (Å²) in [6, 6.07) is 6.55. The van der Waals surface area contributed by atoms with Crippen molar-refractivity contribution in [1.82, 2.24) is 5.32 Å². The molecule has 1 saturated carbocycles. The number of nitrogens with one attached hydrogen (secondary N) is 1. The molecule has 1 aromatic carbocycles. The van der Waals surface area contributed by atoms with Crippen molar-refractivity contribution in [2.24, 2.45) is 0 Å². The Morgan fingerprint density at radius 1 is 1.15 bits per heavy atom. The van der Waals surface area contributed by atoms with Gasteiger partial charge >= 0.3 is 0 Å². The van der Waals surface area contributed by atoms with Crippen LogP contribution >= 0.6 is 0 Å². The Kier molecular flexibility index (Phi) is 2.89. The van der Waals surface area contributed by atoms with Crippen molar-refractivity contribution < 1.29 is 19.1 Å². The summed E-state index contributed by atoms with van der Waals surface area (Å²) in [5, 5.41) is 2.72. The number of amides is 1. The zero-order chi connectivity index (χ0) is 14.3. The number of hydrogen-bond acceptors (Lipinski definition) is 4. The molecule has 0 radical (unpaired) electrons. The molecule has 1 amide bonds. The van der Waals surface area contributed by atoms with Crippen LogP contribution in [-0.2, 0) is 9.53 Å².